The molecule has 1 aliphatic rings. The Morgan fingerprint density at radius 2 is 1.87 bits per heavy atom. The quantitative estimate of drug-likeness (QED) is 0.906. The van der Waals surface area contributed by atoms with Gasteiger partial charge in [-0.15, -0.1) is 12.4 Å². The van der Waals surface area contributed by atoms with E-state index >= 15 is 0 Å². The molecule has 23 heavy (non-hydrogen) atoms. The molecular formula is C15H20ClF3N2O2. The zero-order chi connectivity index (χ0) is 16.2. The predicted molar refractivity (Wildman–Crippen MR) is 82.9 cm³/mol. The van der Waals surface area contributed by atoms with Gasteiger partial charge >= 0.3 is 6.18 Å². The van der Waals surface area contributed by atoms with Crippen LogP contribution in [-0.4, -0.2) is 43.2 Å². The molecule has 1 aliphatic heterocycles. The molecule has 2 rings (SSSR count). The van der Waals surface area contributed by atoms with E-state index in [2.05, 4.69) is 0 Å². The molecule has 1 aromatic rings. The third-order valence-corrected chi connectivity index (χ3v) is 3.74. The van der Waals surface area contributed by atoms with Crippen LogP contribution in [0.2, 0.25) is 0 Å². The molecule has 0 bridgehead atoms. The van der Waals surface area contributed by atoms with Gasteiger partial charge in [-0.2, -0.15) is 13.2 Å². The fourth-order valence-electron chi connectivity index (χ4n) is 2.47. The summed E-state index contributed by atoms with van der Waals surface area (Å²) in [7, 11) is 0. The molecule has 0 aliphatic carbocycles. The zero-order valence-electron chi connectivity index (χ0n) is 12.5. The lowest BCUT2D eigenvalue weighted by molar-refractivity contribution is -0.153. The van der Waals surface area contributed by atoms with Crippen LogP contribution >= 0.6 is 12.4 Å². The van der Waals surface area contributed by atoms with Gasteiger partial charge < -0.3 is 15.4 Å². The van der Waals surface area contributed by atoms with E-state index in [4.69, 9.17) is 10.5 Å². The number of nitrogens with two attached hydrogens (primary N) is 1. The average Bonchev–Trinajstić information content (AvgIpc) is 2.52. The van der Waals surface area contributed by atoms with E-state index in [0.29, 0.717) is 25.6 Å². The number of piperidine rings is 1. The second-order valence-electron chi connectivity index (χ2n) is 5.37. The summed E-state index contributed by atoms with van der Waals surface area (Å²) in [6.07, 6.45) is -2.81. The third-order valence-electron chi connectivity index (χ3n) is 3.74. The summed E-state index contributed by atoms with van der Waals surface area (Å²) in [6.45, 7) is 0.308. The summed E-state index contributed by atoms with van der Waals surface area (Å²) in [5.74, 6) is 0.0693. The van der Waals surface area contributed by atoms with Gasteiger partial charge in [0.2, 0.25) is 0 Å². The van der Waals surface area contributed by atoms with Crippen LogP contribution < -0.4 is 10.5 Å². The smallest absolute Gasteiger partial charge is 0.422 e. The number of benzene rings is 1. The molecule has 0 unspecified atom stereocenters. The summed E-state index contributed by atoms with van der Waals surface area (Å²) in [6, 6.07) is 6.03. The van der Waals surface area contributed by atoms with Crippen LogP contribution in [-0.2, 0) is 0 Å². The lowest BCUT2D eigenvalue weighted by Crippen LogP contribution is -2.40. The van der Waals surface area contributed by atoms with E-state index in [1.807, 2.05) is 0 Å². The number of carbonyl (C=O) groups excluding carboxylic acids is 1. The van der Waals surface area contributed by atoms with Crippen LogP contribution in [0, 0.1) is 5.92 Å². The molecule has 8 heteroatoms. The maximum atomic E-state index is 12.5. The van der Waals surface area contributed by atoms with Gasteiger partial charge in [0.05, 0.1) is 5.56 Å². The Hall–Kier alpha value is -1.47. The van der Waals surface area contributed by atoms with Gasteiger partial charge in [-0.3, -0.25) is 4.79 Å². The van der Waals surface area contributed by atoms with Crippen molar-refractivity contribution in [1.29, 1.82) is 0 Å². The molecule has 1 heterocycles. The lowest BCUT2D eigenvalue weighted by atomic mass is 9.96. The lowest BCUT2D eigenvalue weighted by Gasteiger charge is -2.31. The van der Waals surface area contributed by atoms with Gasteiger partial charge in [0, 0.05) is 13.1 Å². The Bertz CT molecular complexity index is 518. The normalized spacial score (nSPS) is 15.9. The van der Waals surface area contributed by atoms with Crippen molar-refractivity contribution in [2.24, 2.45) is 11.7 Å². The standard InChI is InChI=1S/C15H19F3N2O2.ClH/c16-15(17,18)10-22-13-4-2-1-3-12(13)14(21)20-7-5-11(9-19)6-8-20;/h1-4,11H,5-10,19H2;1H. The first-order valence-electron chi connectivity index (χ1n) is 7.18. The fourth-order valence-corrected chi connectivity index (χ4v) is 2.47. The van der Waals surface area contributed by atoms with Gasteiger partial charge in [0.15, 0.2) is 6.61 Å². The topological polar surface area (TPSA) is 55.6 Å². The van der Waals surface area contributed by atoms with E-state index in [-0.39, 0.29) is 29.6 Å². The zero-order valence-corrected chi connectivity index (χ0v) is 13.3. The minimum atomic E-state index is -4.43. The number of ether oxygens (including phenoxy) is 1. The van der Waals surface area contributed by atoms with E-state index in [1.54, 1.807) is 17.0 Å². The molecule has 1 aromatic carbocycles. The van der Waals surface area contributed by atoms with Crippen molar-refractivity contribution in [2.75, 3.05) is 26.2 Å². The summed E-state index contributed by atoms with van der Waals surface area (Å²) < 4.78 is 41.6. The number of nitrogens with zero attached hydrogens (tertiary/aromatic N) is 1. The minimum Gasteiger partial charge on any atom is -0.483 e. The number of para-hydroxylation sites is 1. The highest BCUT2D eigenvalue weighted by Gasteiger charge is 2.30. The van der Waals surface area contributed by atoms with E-state index in [1.165, 1.54) is 12.1 Å². The van der Waals surface area contributed by atoms with E-state index in [0.717, 1.165) is 12.8 Å². The number of rotatable bonds is 4. The average molecular weight is 353 g/mol. The number of carbonyl (C=O) groups is 1. The van der Waals surface area contributed by atoms with E-state index < -0.39 is 12.8 Å². The van der Waals surface area contributed by atoms with Gasteiger partial charge in [0.25, 0.3) is 5.91 Å². The number of hydrogen-bond donors (Lipinski definition) is 1. The van der Waals surface area contributed by atoms with Crippen molar-refractivity contribution >= 4 is 18.3 Å². The van der Waals surface area contributed by atoms with Crippen LogP contribution in [0.25, 0.3) is 0 Å². The first-order chi connectivity index (χ1) is 10.4. The summed E-state index contributed by atoms with van der Waals surface area (Å²) in [4.78, 5) is 14.1. The van der Waals surface area contributed by atoms with E-state index in [9.17, 15) is 18.0 Å². The van der Waals surface area contributed by atoms with Crippen molar-refractivity contribution in [1.82, 2.24) is 4.90 Å². The van der Waals surface area contributed by atoms with Crippen molar-refractivity contribution < 1.29 is 22.7 Å². The van der Waals surface area contributed by atoms with Crippen molar-refractivity contribution in [2.45, 2.75) is 19.0 Å². The van der Waals surface area contributed by atoms with Gasteiger partial charge in [-0.1, -0.05) is 12.1 Å². The maximum absolute atomic E-state index is 12.5. The molecule has 4 nitrogen and oxygen atoms in total. The monoisotopic (exact) mass is 352 g/mol. The summed E-state index contributed by atoms with van der Waals surface area (Å²) in [5.41, 5.74) is 5.78. The highest BCUT2D eigenvalue weighted by molar-refractivity contribution is 5.97. The molecule has 0 atom stereocenters. The SMILES string of the molecule is Cl.NCC1CCN(C(=O)c2ccccc2OCC(F)(F)F)CC1. The maximum Gasteiger partial charge on any atom is 0.422 e. The minimum absolute atomic E-state index is 0. The number of hydrogen-bond acceptors (Lipinski definition) is 3. The molecule has 0 spiro atoms. The second-order valence-corrected chi connectivity index (χ2v) is 5.37. The van der Waals surface area contributed by atoms with Gasteiger partial charge in [0.1, 0.15) is 5.75 Å². The Morgan fingerprint density at radius 1 is 1.26 bits per heavy atom. The summed E-state index contributed by atoms with van der Waals surface area (Å²) in [5, 5.41) is 0. The molecule has 1 amide bonds. The molecule has 0 saturated carbocycles. The number of alkyl halides is 3. The first-order valence-corrected chi connectivity index (χ1v) is 7.18. The molecule has 1 fully saturated rings. The van der Waals surface area contributed by atoms with Gasteiger partial charge in [-0.05, 0) is 37.4 Å². The van der Waals surface area contributed by atoms with Crippen molar-refractivity contribution in [3.63, 3.8) is 0 Å². The Kier molecular flexibility index (Phi) is 7.15. The second kappa shape index (κ2) is 8.40. The predicted octanol–water partition coefficient (Wildman–Crippen LogP) is 2.86. The van der Waals surface area contributed by atoms with Crippen LogP contribution in [0.5, 0.6) is 5.75 Å². The largest absolute Gasteiger partial charge is 0.483 e. The number of halogens is 4. The molecule has 0 aromatic heterocycles. The molecule has 1 saturated heterocycles. The highest BCUT2D eigenvalue weighted by atomic mass is 35.5. The number of amides is 1. The fraction of sp³-hybridized carbons (Fsp3) is 0.533. The van der Waals surface area contributed by atoms with Crippen LogP contribution in [0.4, 0.5) is 13.2 Å². The number of likely N-dealkylation sites (tertiary alicyclic amines) is 1. The van der Waals surface area contributed by atoms with Crippen molar-refractivity contribution in [3.05, 3.63) is 29.8 Å². The van der Waals surface area contributed by atoms with Gasteiger partial charge in [-0.25, -0.2) is 0 Å². The van der Waals surface area contributed by atoms with Crippen LogP contribution in [0.3, 0.4) is 0 Å². The third kappa shape index (κ3) is 5.58. The highest BCUT2D eigenvalue weighted by Crippen LogP contribution is 2.25. The summed E-state index contributed by atoms with van der Waals surface area (Å²) >= 11 is 0. The Labute approximate surface area is 139 Å². The Balaban J connectivity index is 0.00000264. The molecule has 2 N–H and O–H groups in total. The van der Waals surface area contributed by atoms with Crippen LogP contribution in [0.1, 0.15) is 23.2 Å². The Morgan fingerprint density at radius 3 is 2.43 bits per heavy atom. The molecular weight excluding hydrogens is 333 g/mol. The molecule has 0 radical (unpaired) electrons. The van der Waals surface area contributed by atoms with Crippen molar-refractivity contribution in [3.8, 4) is 5.75 Å². The molecule has 130 valence electrons. The first kappa shape index (κ1) is 19.6. The van der Waals surface area contributed by atoms with Crippen LogP contribution in [0.15, 0.2) is 24.3 Å².